The van der Waals surface area contributed by atoms with Gasteiger partial charge in [-0.15, -0.1) is 11.6 Å². The van der Waals surface area contributed by atoms with Gasteiger partial charge >= 0.3 is 6.18 Å². The van der Waals surface area contributed by atoms with Crippen molar-refractivity contribution in [1.82, 2.24) is 0 Å². The van der Waals surface area contributed by atoms with Crippen molar-refractivity contribution in [2.75, 3.05) is 11.2 Å². The lowest BCUT2D eigenvalue weighted by Crippen LogP contribution is -2.24. The van der Waals surface area contributed by atoms with E-state index in [2.05, 4.69) is 5.32 Å². The number of hydrogen-bond donors (Lipinski definition) is 1. The molecule has 0 aromatic heterocycles. The van der Waals surface area contributed by atoms with Gasteiger partial charge in [-0.2, -0.15) is 13.2 Å². The van der Waals surface area contributed by atoms with E-state index in [9.17, 15) is 17.6 Å². The van der Waals surface area contributed by atoms with Gasteiger partial charge in [0.05, 0.1) is 11.3 Å². The molecule has 0 radical (unpaired) electrons. The van der Waals surface area contributed by atoms with E-state index in [1.807, 2.05) is 13.8 Å². The molecule has 0 aliphatic carbocycles. The summed E-state index contributed by atoms with van der Waals surface area (Å²) in [5.74, 6) is -0.305. The minimum atomic E-state index is -4.54. The summed E-state index contributed by atoms with van der Waals surface area (Å²) in [7, 11) is 0. The Morgan fingerprint density at radius 3 is 2.32 bits per heavy atom. The first-order valence-electron chi connectivity index (χ1n) is 5.93. The van der Waals surface area contributed by atoms with E-state index >= 15 is 0 Å². The number of benzene rings is 1. The molecule has 0 fully saturated rings. The van der Waals surface area contributed by atoms with Crippen LogP contribution in [-0.4, -0.2) is 11.9 Å². The average molecular weight is 298 g/mol. The highest BCUT2D eigenvalue weighted by Crippen LogP contribution is 2.31. The van der Waals surface area contributed by atoms with Crippen LogP contribution in [0.5, 0.6) is 0 Å². The molecule has 1 nitrogen and oxygen atoms in total. The third-order valence-electron chi connectivity index (χ3n) is 2.60. The smallest absolute Gasteiger partial charge is 0.379 e. The largest absolute Gasteiger partial charge is 0.416 e. The van der Waals surface area contributed by atoms with Crippen LogP contribution in [0.4, 0.5) is 23.2 Å². The van der Waals surface area contributed by atoms with Crippen LogP contribution in [0.15, 0.2) is 18.2 Å². The molecule has 1 atom stereocenters. The molecule has 6 heteroatoms. The Labute approximate surface area is 115 Å². The van der Waals surface area contributed by atoms with E-state index in [1.54, 1.807) is 0 Å². The zero-order valence-corrected chi connectivity index (χ0v) is 11.4. The SMILES string of the molecule is CC(C)CC(CCl)Nc1ccc(C(F)(F)F)cc1F. The minimum Gasteiger partial charge on any atom is -0.379 e. The van der Waals surface area contributed by atoms with Gasteiger partial charge in [0, 0.05) is 11.9 Å². The van der Waals surface area contributed by atoms with Crippen molar-refractivity contribution in [3.05, 3.63) is 29.6 Å². The summed E-state index contributed by atoms with van der Waals surface area (Å²) in [5.41, 5.74) is -0.957. The van der Waals surface area contributed by atoms with Crippen LogP contribution >= 0.6 is 11.6 Å². The number of hydrogen-bond acceptors (Lipinski definition) is 1. The Bertz CT molecular complexity index is 418. The minimum absolute atomic E-state index is 0.0410. The lowest BCUT2D eigenvalue weighted by molar-refractivity contribution is -0.137. The maximum atomic E-state index is 13.6. The number of nitrogens with one attached hydrogen (secondary N) is 1. The number of alkyl halides is 4. The van der Waals surface area contributed by atoms with E-state index in [0.29, 0.717) is 18.4 Å². The molecule has 0 saturated heterocycles. The molecule has 0 aliphatic heterocycles. The number of halogens is 5. The average Bonchev–Trinajstić information content (AvgIpc) is 2.28. The van der Waals surface area contributed by atoms with E-state index in [0.717, 1.165) is 12.1 Å². The van der Waals surface area contributed by atoms with Crippen LogP contribution in [0.1, 0.15) is 25.8 Å². The predicted octanol–water partition coefficient (Wildman–Crippen LogP) is 4.91. The first-order valence-corrected chi connectivity index (χ1v) is 6.46. The zero-order chi connectivity index (χ0) is 14.6. The maximum Gasteiger partial charge on any atom is 0.416 e. The van der Waals surface area contributed by atoms with E-state index < -0.39 is 17.6 Å². The second-order valence-corrected chi connectivity index (χ2v) is 5.13. The Morgan fingerprint density at radius 1 is 1.26 bits per heavy atom. The molecular formula is C13H16ClF4N. The van der Waals surface area contributed by atoms with Gasteiger partial charge < -0.3 is 5.32 Å². The van der Waals surface area contributed by atoms with Gasteiger partial charge in [0.15, 0.2) is 0 Å². The highest BCUT2D eigenvalue weighted by atomic mass is 35.5. The fourth-order valence-corrected chi connectivity index (χ4v) is 1.96. The monoisotopic (exact) mass is 297 g/mol. The highest BCUT2D eigenvalue weighted by molar-refractivity contribution is 6.18. The second-order valence-electron chi connectivity index (χ2n) is 4.82. The Balaban J connectivity index is 2.85. The molecule has 0 bridgehead atoms. The van der Waals surface area contributed by atoms with Crippen LogP contribution in [0.3, 0.4) is 0 Å². The number of rotatable bonds is 5. The topological polar surface area (TPSA) is 12.0 Å². The quantitative estimate of drug-likeness (QED) is 0.601. The summed E-state index contributed by atoms with van der Waals surface area (Å²) >= 11 is 5.75. The number of anilines is 1. The predicted molar refractivity (Wildman–Crippen MR) is 69.0 cm³/mol. The summed E-state index contributed by atoms with van der Waals surface area (Å²) in [6.45, 7) is 3.98. The molecule has 0 aliphatic rings. The van der Waals surface area contributed by atoms with Gasteiger partial charge in [-0.1, -0.05) is 13.8 Å². The van der Waals surface area contributed by atoms with E-state index in [-0.39, 0.29) is 17.6 Å². The molecule has 19 heavy (non-hydrogen) atoms. The Morgan fingerprint density at radius 2 is 1.89 bits per heavy atom. The molecular weight excluding hydrogens is 282 g/mol. The third kappa shape index (κ3) is 4.90. The second kappa shape index (κ2) is 6.46. The fourth-order valence-electron chi connectivity index (χ4n) is 1.76. The summed E-state index contributed by atoms with van der Waals surface area (Å²) < 4.78 is 50.8. The van der Waals surface area contributed by atoms with Gasteiger partial charge in [0.2, 0.25) is 0 Å². The third-order valence-corrected chi connectivity index (χ3v) is 2.97. The van der Waals surface area contributed by atoms with Gasteiger partial charge in [-0.05, 0) is 30.5 Å². The standard InChI is InChI=1S/C13H16ClF4N/c1-8(2)5-10(7-14)19-12-4-3-9(6-11(12)15)13(16,17)18/h3-4,6,8,10,19H,5,7H2,1-2H3. The van der Waals surface area contributed by atoms with Crippen molar-refractivity contribution in [3.8, 4) is 0 Å². The Hall–Kier alpha value is -0.970. The van der Waals surface area contributed by atoms with Crippen molar-refractivity contribution in [1.29, 1.82) is 0 Å². The highest BCUT2D eigenvalue weighted by Gasteiger charge is 2.31. The molecule has 1 N–H and O–H groups in total. The molecule has 1 unspecified atom stereocenters. The zero-order valence-electron chi connectivity index (χ0n) is 10.7. The van der Waals surface area contributed by atoms with Gasteiger partial charge in [0.1, 0.15) is 5.82 Å². The molecule has 1 aromatic carbocycles. The Kier molecular flexibility index (Phi) is 5.47. The first-order chi connectivity index (χ1) is 8.74. The maximum absolute atomic E-state index is 13.6. The first kappa shape index (κ1) is 16.1. The van der Waals surface area contributed by atoms with Crippen LogP contribution < -0.4 is 5.32 Å². The van der Waals surface area contributed by atoms with Crippen molar-refractivity contribution >= 4 is 17.3 Å². The van der Waals surface area contributed by atoms with Gasteiger partial charge in [-0.25, -0.2) is 4.39 Å². The van der Waals surface area contributed by atoms with Crippen LogP contribution in [0.25, 0.3) is 0 Å². The van der Waals surface area contributed by atoms with Crippen LogP contribution in [0, 0.1) is 11.7 Å². The molecule has 0 heterocycles. The molecule has 0 spiro atoms. The molecule has 1 aromatic rings. The van der Waals surface area contributed by atoms with Gasteiger partial charge in [0.25, 0.3) is 0 Å². The molecule has 108 valence electrons. The summed E-state index contributed by atoms with van der Waals surface area (Å²) in [6.07, 6.45) is -3.83. The lowest BCUT2D eigenvalue weighted by atomic mass is 10.0. The van der Waals surface area contributed by atoms with Crippen molar-refractivity contribution in [3.63, 3.8) is 0 Å². The summed E-state index contributed by atoms with van der Waals surface area (Å²) in [6, 6.07) is 2.26. The summed E-state index contributed by atoms with van der Waals surface area (Å²) in [5, 5.41) is 2.83. The molecule has 1 rings (SSSR count). The van der Waals surface area contributed by atoms with Crippen molar-refractivity contribution in [2.24, 2.45) is 5.92 Å². The fraction of sp³-hybridized carbons (Fsp3) is 0.538. The van der Waals surface area contributed by atoms with Crippen molar-refractivity contribution < 1.29 is 17.6 Å². The molecule has 0 saturated carbocycles. The molecule has 0 amide bonds. The van der Waals surface area contributed by atoms with Gasteiger partial charge in [-0.3, -0.25) is 0 Å². The van der Waals surface area contributed by atoms with Crippen LogP contribution in [0.2, 0.25) is 0 Å². The van der Waals surface area contributed by atoms with Crippen molar-refractivity contribution in [2.45, 2.75) is 32.5 Å². The van der Waals surface area contributed by atoms with E-state index in [1.165, 1.54) is 0 Å². The lowest BCUT2D eigenvalue weighted by Gasteiger charge is -2.20. The summed E-state index contributed by atoms with van der Waals surface area (Å²) in [4.78, 5) is 0. The normalized spacial score (nSPS) is 13.7. The van der Waals surface area contributed by atoms with Crippen LogP contribution in [-0.2, 0) is 6.18 Å². The van der Waals surface area contributed by atoms with E-state index in [4.69, 9.17) is 11.6 Å².